The van der Waals surface area contributed by atoms with E-state index < -0.39 is 23.6 Å². The van der Waals surface area contributed by atoms with Gasteiger partial charge in [0.1, 0.15) is 17.5 Å². The highest BCUT2D eigenvalue weighted by Crippen LogP contribution is 2.41. The van der Waals surface area contributed by atoms with E-state index >= 15 is 0 Å². The minimum atomic E-state index is -1.26. The third-order valence-electron chi connectivity index (χ3n) is 10.6. The Balaban J connectivity index is 0.000000136. The second-order valence-electron chi connectivity index (χ2n) is 15.5. The molecule has 0 bridgehead atoms. The maximum atomic E-state index is 14.1. The number of rotatable bonds is 11. The van der Waals surface area contributed by atoms with Crippen LogP contribution in [0.4, 0.5) is 13.2 Å². The van der Waals surface area contributed by atoms with E-state index in [0.29, 0.717) is 40.1 Å². The van der Waals surface area contributed by atoms with Crippen molar-refractivity contribution in [1.29, 1.82) is 0 Å². The number of halogens is 4. The summed E-state index contributed by atoms with van der Waals surface area (Å²) in [5.41, 5.74) is 7.60. The molecule has 10 nitrogen and oxygen atoms in total. The summed E-state index contributed by atoms with van der Waals surface area (Å²) in [5.74, 6) is -1.64. The third kappa shape index (κ3) is 10.0. The van der Waals surface area contributed by atoms with Crippen LogP contribution in [0.25, 0.3) is 17.1 Å². The summed E-state index contributed by atoms with van der Waals surface area (Å²) >= 11 is 3.22. The fraction of sp³-hybridized carbons (Fsp3) is 0.356. The number of carboxylic acids is 1. The first-order chi connectivity index (χ1) is 28.3. The molecule has 0 saturated heterocycles. The van der Waals surface area contributed by atoms with Crippen LogP contribution in [0.3, 0.4) is 0 Å². The Morgan fingerprint density at radius 2 is 1.05 bits per heavy atom. The quantitative estimate of drug-likeness (QED) is 0.102. The van der Waals surface area contributed by atoms with Gasteiger partial charge in [0, 0.05) is 36.3 Å². The van der Waals surface area contributed by atoms with Crippen molar-refractivity contribution < 1.29 is 32.6 Å². The number of hydrogen-bond acceptors (Lipinski definition) is 6. The van der Waals surface area contributed by atoms with Crippen LogP contribution in [0.1, 0.15) is 131 Å². The highest BCUT2D eigenvalue weighted by atomic mass is 79.9. The Labute approximate surface area is 349 Å². The van der Waals surface area contributed by atoms with Gasteiger partial charge >= 0.3 is 11.9 Å². The molecule has 0 aliphatic heterocycles. The Kier molecular flexibility index (Phi) is 12.6. The molecule has 308 valence electrons. The third-order valence-corrected chi connectivity index (χ3v) is 11.2. The number of unbranched alkanes of at least 4 members (excludes halogenated alkanes) is 1. The molecule has 0 amide bonds. The van der Waals surface area contributed by atoms with Crippen LogP contribution in [-0.4, -0.2) is 52.3 Å². The van der Waals surface area contributed by atoms with Gasteiger partial charge in [-0.05, 0) is 135 Å². The lowest BCUT2D eigenvalue weighted by Gasteiger charge is -2.11. The van der Waals surface area contributed by atoms with Crippen molar-refractivity contribution in [1.82, 2.24) is 28.7 Å². The molecule has 3 aromatic heterocycles. The van der Waals surface area contributed by atoms with Crippen LogP contribution in [0.15, 0.2) is 78.4 Å². The van der Waals surface area contributed by atoms with Crippen LogP contribution in [0, 0.1) is 38.2 Å². The van der Waals surface area contributed by atoms with Crippen molar-refractivity contribution in [3.05, 3.63) is 141 Å². The van der Waals surface area contributed by atoms with E-state index in [1.807, 2.05) is 48.5 Å². The molecule has 3 aliphatic carbocycles. The fourth-order valence-corrected chi connectivity index (χ4v) is 7.01. The minimum Gasteiger partial charge on any atom is -0.478 e. The number of benzene rings is 3. The molecule has 3 aromatic carbocycles. The molecule has 3 fully saturated rings. The average Bonchev–Trinajstić information content (AvgIpc) is 4.18. The van der Waals surface area contributed by atoms with Gasteiger partial charge in [0.25, 0.3) is 0 Å². The second kappa shape index (κ2) is 17.8. The molecule has 9 rings (SSSR count). The SMILES string of the molecule is CCCCOC(=O)c1cc(-n2cnc(C3CC3)c2)c(C)cc1F.Cc1cc(F)c(Br)cc1-n1cnc(C2CC2)c1.Cc1cc(F)c(C(=O)O)cc1-n1cnc(C2CC2)c1. The smallest absolute Gasteiger partial charge is 0.341 e. The summed E-state index contributed by atoms with van der Waals surface area (Å²) in [6.07, 6.45) is 19.9. The number of aromatic carboxylic acids is 1. The van der Waals surface area contributed by atoms with Crippen LogP contribution >= 0.6 is 15.9 Å². The molecule has 14 heteroatoms. The molecule has 0 atom stereocenters. The van der Waals surface area contributed by atoms with Crippen molar-refractivity contribution in [3.8, 4) is 17.1 Å². The first kappa shape index (κ1) is 41.7. The van der Waals surface area contributed by atoms with Crippen molar-refractivity contribution in [2.75, 3.05) is 6.61 Å². The lowest BCUT2D eigenvalue weighted by molar-refractivity contribution is 0.0494. The van der Waals surface area contributed by atoms with Crippen molar-refractivity contribution in [2.45, 2.75) is 96.8 Å². The van der Waals surface area contributed by atoms with Crippen LogP contribution in [0.2, 0.25) is 0 Å². The molecular weight excluding hydrogens is 825 g/mol. The second-order valence-corrected chi connectivity index (χ2v) is 16.4. The Hall–Kier alpha value is -5.50. The van der Waals surface area contributed by atoms with Crippen LogP contribution < -0.4 is 0 Å². The van der Waals surface area contributed by atoms with Crippen LogP contribution in [0.5, 0.6) is 0 Å². The van der Waals surface area contributed by atoms with Crippen molar-refractivity contribution in [3.63, 3.8) is 0 Å². The monoisotopic (exact) mass is 870 g/mol. The molecular formula is C45H46BrF3N6O4. The van der Waals surface area contributed by atoms with Gasteiger partial charge in [-0.15, -0.1) is 0 Å². The molecule has 3 saturated carbocycles. The molecule has 0 spiro atoms. The number of aryl methyl sites for hydroxylation is 3. The number of esters is 1. The van der Waals surface area contributed by atoms with E-state index in [4.69, 9.17) is 9.84 Å². The maximum Gasteiger partial charge on any atom is 0.341 e. The lowest BCUT2D eigenvalue weighted by atomic mass is 10.1. The normalized spacial score (nSPS) is 14.6. The number of hydrogen-bond donors (Lipinski definition) is 1. The number of carbonyl (C=O) groups excluding carboxylic acids is 1. The highest BCUT2D eigenvalue weighted by Gasteiger charge is 2.28. The van der Waals surface area contributed by atoms with Crippen molar-refractivity contribution >= 4 is 27.9 Å². The van der Waals surface area contributed by atoms with E-state index in [1.54, 1.807) is 42.6 Å². The highest BCUT2D eigenvalue weighted by molar-refractivity contribution is 9.10. The topological polar surface area (TPSA) is 117 Å². The zero-order valence-electron chi connectivity index (χ0n) is 33.4. The maximum absolute atomic E-state index is 14.1. The lowest BCUT2D eigenvalue weighted by Crippen LogP contribution is -2.10. The first-order valence-electron chi connectivity index (χ1n) is 19.9. The summed E-state index contributed by atoms with van der Waals surface area (Å²) in [6.45, 7) is 7.80. The molecule has 3 aliphatic rings. The molecule has 1 N–H and O–H groups in total. The predicted octanol–water partition coefficient (Wildman–Crippen LogP) is 11.0. The summed E-state index contributed by atoms with van der Waals surface area (Å²) in [5, 5.41) is 8.97. The summed E-state index contributed by atoms with van der Waals surface area (Å²) in [6, 6.07) is 8.86. The van der Waals surface area contributed by atoms with Crippen molar-refractivity contribution in [2.24, 2.45) is 0 Å². The number of imidazole rings is 3. The van der Waals surface area contributed by atoms with Gasteiger partial charge in [-0.2, -0.15) is 0 Å². The first-order valence-corrected chi connectivity index (χ1v) is 20.7. The van der Waals surface area contributed by atoms with E-state index in [1.165, 1.54) is 49.9 Å². The average molecular weight is 872 g/mol. The van der Waals surface area contributed by atoms with E-state index in [-0.39, 0.29) is 16.9 Å². The minimum absolute atomic E-state index is 0.0247. The summed E-state index contributed by atoms with van der Waals surface area (Å²) in [7, 11) is 0. The molecule has 0 radical (unpaired) electrons. The van der Waals surface area contributed by atoms with Gasteiger partial charge in [0.15, 0.2) is 0 Å². The zero-order chi connectivity index (χ0) is 42.0. The summed E-state index contributed by atoms with van der Waals surface area (Å²) in [4.78, 5) is 36.2. The number of carboxylic acid groups (broad SMARTS) is 1. The molecule has 59 heavy (non-hydrogen) atoms. The van der Waals surface area contributed by atoms with E-state index in [2.05, 4.69) is 30.9 Å². The molecule has 6 aromatic rings. The summed E-state index contributed by atoms with van der Waals surface area (Å²) < 4.78 is 52.2. The number of nitrogens with zero attached hydrogens (tertiary/aromatic N) is 6. The Bertz CT molecular complexity index is 2500. The predicted molar refractivity (Wildman–Crippen MR) is 221 cm³/mol. The Morgan fingerprint density at radius 3 is 1.46 bits per heavy atom. The van der Waals surface area contributed by atoms with E-state index in [9.17, 15) is 22.8 Å². The number of carbonyl (C=O) groups is 2. The van der Waals surface area contributed by atoms with Gasteiger partial charge in [-0.25, -0.2) is 37.7 Å². The van der Waals surface area contributed by atoms with E-state index in [0.717, 1.165) is 65.3 Å². The van der Waals surface area contributed by atoms with Gasteiger partial charge in [0.05, 0.1) is 75.3 Å². The molecule has 3 heterocycles. The molecule has 0 unspecified atom stereocenters. The number of aromatic nitrogens is 6. The van der Waals surface area contributed by atoms with Gasteiger partial charge in [-0.3, -0.25) is 0 Å². The standard InChI is InChI=1S/C18H21FN2O2.C14H13FN2O2.C13H12BrFN2/c1-3-4-7-23-18(22)14-9-17(12(2)8-15(14)19)21-10-16(20-11-21)13-5-6-13;1-8-4-11(15)10(14(18)19)5-13(8)17-6-12(16-7-17)9-2-3-9;1-8-4-11(15)10(14)5-13(8)17-6-12(16-7-17)9-2-3-9/h8-11,13H,3-7H2,1-2H3;4-7,9H,2-3H2,1H3,(H,18,19);4-7,9H,2-3H2,1H3. The van der Waals surface area contributed by atoms with Crippen LogP contribution in [-0.2, 0) is 4.74 Å². The fourth-order valence-electron chi connectivity index (χ4n) is 6.68. The zero-order valence-corrected chi connectivity index (χ0v) is 35.0. The van der Waals surface area contributed by atoms with Gasteiger partial charge in [-0.1, -0.05) is 13.3 Å². The van der Waals surface area contributed by atoms with Gasteiger partial charge in [0.2, 0.25) is 0 Å². The van der Waals surface area contributed by atoms with Gasteiger partial charge < -0.3 is 23.5 Å². The number of ether oxygens (including phenoxy) is 1. The Morgan fingerprint density at radius 1 is 0.661 bits per heavy atom. The largest absolute Gasteiger partial charge is 0.478 e.